The van der Waals surface area contributed by atoms with Crippen molar-refractivity contribution in [2.75, 3.05) is 20.3 Å². The van der Waals surface area contributed by atoms with Gasteiger partial charge in [-0.1, -0.05) is 32.8 Å². The molecule has 2 aromatic rings. The standard InChI is InChI=1S/C30H40O8/c1-5-10-23-25(15-12-21-13-17-27(37-28(21)23)38-30(32)33)35-18-8-7-9-19-36-26-16-14-22(20(3)31)29(34-4)24(26)11-6-2/h12,14-16,27H,5-11,13,17-19H2,1-4H3,(H,32,33). The van der Waals surface area contributed by atoms with Crippen LogP contribution < -0.4 is 18.9 Å². The highest BCUT2D eigenvalue weighted by Crippen LogP contribution is 2.38. The van der Waals surface area contributed by atoms with Crippen LogP contribution in [-0.4, -0.2) is 43.7 Å². The van der Waals surface area contributed by atoms with Gasteiger partial charge in [0.2, 0.25) is 6.29 Å². The van der Waals surface area contributed by atoms with Crippen molar-refractivity contribution >= 4 is 11.9 Å². The van der Waals surface area contributed by atoms with Gasteiger partial charge in [0.1, 0.15) is 23.0 Å². The number of aryl methyl sites for hydroxylation is 1. The van der Waals surface area contributed by atoms with E-state index in [9.17, 15) is 9.59 Å². The molecule has 0 saturated heterocycles. The second-order valence-corrected chi connectivity index (χ2v) is 9.44. The molecule has 0 fully saturated rings. The van der Waals surface area contributed by atoms with Crippen molar-refractivity contribution in [2.45, 2.75) is 84.8 Å². The number of Topliss-reactive ketones (excluding diaryl/α,β-unsaturated/α-hetero) is 1. The van der Waals surface area contributed by atoms with Crippen LogP contribution in [0.4, 0.5) is 4.79 Å². The molecular formula is C30H40O8. The number of benzene rings is 2. The first kappa shape index (κ1) is 29.1. The summed E-state index contributed by atoms with van der Waals surface area (Å²) in [5.74, 6) is 2.84. The van der Waals surface area contributed by atoms with Crippen molar-refractivity contribution in [2.24, 2.45) is 0 Å². The Hall–Kier alpha value is -3.42. The molecular weight excluding hydrogens is 488 g/mol. The average Bonchev–Trinajstić information content (AvgIpc) is 2.89. The molecule has 38 heavy (non-hydrogen) atoms. The van der Waals surface area contributed by atoms with Crippen LogP contribution in [0.15, 0.2) is 24.3 Å². The lowest BCUT2D eigenvalue weighted by Gasteiger charge is -2.27. The molecule has 8 heteroatoms. The summed E-state index contributed by atoms with van der Waals surface area (Å²) in [6, 6.07) is 7.62. The largest absolute Gasteiger partial charge is 0.508 e. The van der Waals surface area contributed by atoms with Crippen molar-refractivity contribution in [3.8, 4) is 23.0 Å². The molecule has 1 aliphatic heterocycles. The summed E-state index contributed by atoms with van der Waals surface area (Å²) in [6.45, 7) is 6.85. The molecule has 0 radical (unpaired) electrons. The van der Waals surface area contributed by atoms with Crippen molar-refractivity contribution in [3.05, 3.63) is 46.5 Å². The zero-order valence-corrected chi connectivity index (χ0v) is 23.0. The lowest BCUT2D eigenvalue weighted by molar-refractivity contribution is -0.0640. The topological polar surface area (TPSA) is 101 Å². The number of carbonyl (C=O) groups is 2. The van der Waals surface area contributed by atoms with Crippen LogP contribution in [0.3, 0.4) is 0 Å². The third-order valence-electron chi connectivity index (χ3n) is 6.53. The van der Waals surface area contributed by atoms with Crippen molar-refractivity contribution in [1.82, 2.24) is 0 Å². The van der Waals surface area contributed by atoms with Gasteiger partial charge in [-0.2, -0.15) is 0 Å². The molecule has 0 saturated carbocycles. The van der Waals surface area contributed by atoms with Gasteiger partial charge in [0.05, 0.1) is 25.9 Å². The van der Waals surface area contributed by atoms with E-state index in [0.717, 1.165) is 73.1 Å². The summed E-state index contributed by atoms with van der Waals surface area (Å²) in [7, 11) is 1.59. The summed E-state index contributed by atoms with van der Waals surface area (Å²) >= 11 is 0. The first-order valence-corrected chi connectivity index (χ1v) is 13.6. The molecule has 208 valence electrons. The molecule has 2 aromatic carbocycles. The predicted molar refractivity (Wildman–Crippen MR) is 144 cm³/mol. The molecule has 0 aliphatic carbocycles. The van der Waals surface area contributed by atoms with Gasteiger partial charge in [0.25, 0.3) is 0 Å². The number of carbonyl (C=O) groups excluding carboxylic acids is 1. The first-order valence-electron chi connectivity index (χ1n) is 13.6. The van der Waals surface area contributed by atoms with Crippen molar-refractivity contribution < 1.29 is 38.4 Å². The average molecular weight is 529 g/mol. The Morgan fingerprint density at radius 2 is 1.58 bits per heavy atom. The van der Waals surface area contributed by atoms with E-state index < -0.39 is 12.4 Å². The Balaban J connectivity index is 1.52. The molecule has 3 rings (SSSR count). The normalized spacial score (nSPS) is 14.3. The number of ketones is 1. The van der Waals surface area contributed by atoms with E-state index in [0.29, 0.717) is 43.1 Å². The predicted octanol–water partition coefficient (Wildman–Crippen LogP) is 6.78. The summed E-state index contributed by atoms with van der Waals surface area (Å²) < 4.78 is 28.5. The summed E-state index contributed by atoms with van der Waals surface area (Å²) in [4.78, 5) is 22.9. The zero-order valence-electron chi connectivity index (χ0n) is 23.0. The van der Waals surface area contributed by atoms with E-state index in [1.165, 1.54) is 0 Å². The number of ether oxygens (including phenoxy) is 5. The number of hydrogen-bond donors (Lipinski definition) is 1. The van der Waals surface area contributed by atoms with Crippen LogP contribution in [0.5, 0.6) is 23.0 Å². The number of hydrogen-bond acceptors (Lipinski definition) is 7. The Morgan fingerprint density at radius 3 is 2.18 bits per heavy atom. The fourth-order valence-corrected chi connectivity index (χ4v) is 4.77. The highest BCUT2D eigenvalue weighted by Gasteiger charge is 2.26. The molecule has 0 spiro atoms. The zero-order chi connectivity index (χ0) is 27.5. The van der Waals surface area contributed by atoms with Gasteiger partial charge in [-0.3, -0.25) is 4.79 Å². The highest BCUT2D eigenvalue weighted by molar-refractivity contribution is 5.97. The van der Waals surface area contributed by atoms with Crippen LogP contribution >= 0.6 is 0 Å². The van der Waals surface area contributed by atoms with Crippen molar-refractivity contribution in [3.63, 3.8) is 0 Å². The molecule has 0 amide bonds. The van der Waals surface area contributed by atoms with E-state index >= 15 is 0 Å². The van der Waals surface area contributed by atoms with E-state index in [1.807, 2.05) is 18.2 Å². The number of rotatable bonds is 15. The fourth-order valence-electron chi connectivity index (χ4n) is 4.77. The summed E-state index contributed by atoms with van der Waals surface area (Å²) in [5.41, 5.74) is 3.55. The van der Waals surface area contributed by atoms with Crippen LogP contribution in [0.25, 0.3) is 0 Å². The Bertz CT molecular complexity index is 1090. The maximum Gasteiger partial charge on any atom is 0.508 e. The summed E-state index contributed by atoms with van der Waals surface area (Å²) in [5, 5.41) is 8.95. The van der Waals surface area contributed by atoms with E-state index in [2.05, 4.69) is 13.8 Å². The Kier molecular flexibility index (Phi) is 11.1. The Morgan fingerprint density at radius 1 is 0.947 bits per heavy atom. The molecule has 0 bridgehead atoms. The lowest BCUT2D eigenvalue weighted by Crippen LogP contribution is -2.28. The van der Waals surface area contributed by atoms with E-state index in [1.54, 1.807) is 20.1 Å². The second-order valence-electron chi connectivity index (χ2n) is 9.44. The molecule has 1 aliphatic rings. The van der Waals surface area contributed by atoms with Crippen LogP contribution in [0, 0.1) is 0 Å². The minimum Gasteiger partial charge on any atom is -0.496 e. The first-order chi connectivity index (χ1) is 18.4. The highest BCUT2D eigenvalue weighted by atomic mass is 16.8. The van der Waals surface area contributed by atoms with Crippen LogP contribution in [-0.2, 0) is 24.0 Å². The Labute approximate surface area is 225 Å². The van der Waals surface area contributed by atoms with Crippen LogP contribution in [0.1, 0.15) is 86.3 Å². The van der Waals surface area contributed by atoms with Gasteiger partial charge < -0.3 is 28.8 Å². The third-order valence-corrected chi connectivity index (χ3v) is 6.53. The minimum absolute atomic E-state index is 0.0215. The SMILES string of the molecule is CCCc1c(OCCCCCOc2ccc(C(C)=O)c(OC)c2CCC)ccc2c1OC(OC(=O)O)CC2. The van der Waals surface area contributed by atoms with E-state index in [-0.39, 0.29) is 5.78 Å². The number of carboxylic acid groups (broad SMARTS) is 1. The molecule has 1 unspecified atom stereocenters. The molecule has 1 heterocycles. The molecule has 8 nitrogen and oxygen atoms in total. The van der Waals surface area contributed by atoms with Crippen molar-refractivity contribution in [1.29, 1.82) is 0 Å². The summed E-state index contributed by atoms with van der Waals surface area (Å²) in [6.07, 6.45) is 5.14. The van der Waals surface area contributed by atoms with E-state index in [4.69, 9.17) is 28.8 Å². The maximum absolute atomic E-state index is 12.0. The van der Waals surface area contributed by atoms with Gasteiger partial charge in [-0.25, -0.2) is 4.79 Å². The molecule has 1 atom stereocenters. The van der Waals surface area contributed by atoms with Gasteiger partial charge in [0, 0.05) is 17.5 Å². The number of fused-ring (bicyclic) bond motifs is 1. The smallest absolute Gasteiger partial charge is 0.496 e. The number of methoxy groups -OCH3 is 1. The monoisotopic (exact) mass is 528 g/mol. The molecule has 1 N–H and O–H groups in total. The quantitative estimate of drug-likeness (QED) is 0.153. The third kappa shape index (κ3) is 7.55. The number of unbranched alkanes of at least 4 members (excludes halogenated alkanes) is 2. The fraction of sp³-hybridized carbons (Fsp3) is 0.533. The van der Waals surface area contributed by atoms with Gasteiger partial charge in [-0.05, 0) is 69.2 Å². The minimum atomic E-state index is -1.33. The van der Waals surface area contributed by atoms with Crippen LogP contribution in [0.2, 0.25) is 0 Å². The maximum atomic E-state index is 12.0. The second kappa shape index (κ2) is 14.5. The van der Waals surface area contributed by atoms with Gasteiger partial charge in [0.15, 0.2) is 5.78 Å². The van der Waals surface area contributed by atoms with Gasteiger partial charge in [-0.15, -0.1) is 0 Å². The lowest BCUT2D eigenvalue weighted by atomic mass is 9.98. The molecule has 0 aromatic heterocycles. The van der Waals surface area contributed by atoms with Gasteiger partial charge >= 0.3 is 6.16 Å².